The molecule has 0 saturated heterocycles. The van der Waals surface area contributed by atoms with Crippen molar-refractivity contribution >= 4 is 0 Å². The summed E-state index contributed by atoms with van der Waals surface area (Å²) in [6.07, 6.45) is 5.93. The van der Waals surface area contributed by atoms with E-state index in [2.05, 4.69) is 32.2 Å². The summed E-state index contributed by atoms with van der Waals surface area (Å²) in [5.74, 6) is 0. The number of rotatable bonds is 5. The van der Waals surface area contributed by atoms with Gasteiger partial charge in [-0.2, -0.15) is 0 Å². The van der Waals surface area contributed by atoms with Crippen molar-refractivity contribution in [2.75, 3.05) is 6.54 Å². The van der Waals surface area contributed by atoms with E-state index in [4.69, 9.17) is 0 Å². The molecule has 1 aromatic heterocycles. The fourth-order valence-corrected chi connectivity index (χ4v) is 3.17. The summed E-state index contributed by atoms with van der Waals surface area (Å²) in [5, 5.41) is 3.36. The molecule has 19 heavy (non-hydrogen) atoms. The van der Waals surface area contributed by atoms with Crippen LogP contribution in [-0.2, 0) is 6.54 Å². The van der Waals surface area contributed by atoms with Gasteiger partial charge < -0.3 is 9.88 Å². The zero-order valence-electron chi connectivity index (χ0n) is 12.5. The third-order valence-electron chi connectivity index (χ3n) is 4.18. The number of hydrogen-bond acceptors (Lipinski definition) is 2. The van der Waals surface area contributed by atoms with Gasteiger partial charge in [-0.05, 0) is 51.3 Å². The second-order valence-corrected chi connectivity index (χ2v) is 5.74. The van der Waals surface area contributed by atoms with Crippen LogP contribution in [0.4, 0.5) is 0 Å². The first kappa shape index (κ1) is 14.3. The van der Waals surface area contributed by atoms with Gasteiger partial charge in [0.15, 0.2) is 0 Å². The van der Waals surface area contributed by atoms with Crippen molar-refractivity contribution in [3.8, 4) is 0 Å². The first-order valence-electron chi connectivity index (χ1n) is 7.57. The fourth-order valence-electron chi connectivity index (χ4n) is 3.17. The van der Waals surface area contributed by atoms with Crippen molar-refractivity contribution in [2.45, 2.75) is 65.5 Å². The van der Waals surface area contributed by atoms with E-state index >= 15 is 0 Å². The molecule has 3 heteroatoms. The predicted octanol–water partition coefficient (Wildman–Crippen LogP) is 3.08. The molecule has 1 aliphatic carbocycles. The smallest absolute Gasteiger partial charge is 0.255 e. The third-order valence-corrected chi connectivity index (χ3v) is 4.18. The van der Waals surface area contributed by atoms with Crippen LogP contribution in [-0.4, -0.2) is 11.1 Å². The Balaban J connectivity index is 2.32. The second kappa shape index (κ2) is 6.38. The number of aromatic nitrogens is 1. The number of nitrogens with zero attached hydrogens (tertiary/aromatic N) is 1. The highest BCUT2D eigenvalue weighted by molar-refractivity contribution is 5.26. The summed E-state index contributed by atoms with van der Waals surface area (Å²) in [6, 6.07) is 2.60. The van der Waals surface area contributed by atoms with E-state index in [0.29, 0.717) is 12.6 Å². The van der Waals surface area contributed by atoms with Crippen molar-refractivity contribution in [3.63, 3.8) is 0 Å². The molecule has 1 aromatic rings. The van der Waals surface area contributed by atoms with Gasteiger partial charge in [0.1, 0.15) is 0 Å². The highest BCUT2D eigenvalue weighted by Crippen LogP contribution is 2.29. The van der Waals surface area contributed by atoms with E-state index < -0.39 is 0 Å². The summed E-state index contributed by atoms with van der Waals surface area (Å²) < 4.78 is 2.04. The van der Waals surface area contributed by atoms with Gasteiger partial charge in [-0.3, -0.25) is 4.79 Å². The topological polar surface area (TPSA) is 34.0 Å². The van der Waals surface area contributed by atoms with E-state index in [9.17, 15) is 4.79 Å². The van der Waals surface area contributed by atoms with E-state index in [1.807, 2.05) is 4.57 Å². The zero-order chi connectivity index (χ0) is 13.8. The zero-order valence-corrected chi connectivity index (χ0v) is 12.5. The van der Waals surface area contributed by atoms with Gasteiger partial charge in [0.05, 0.1) is 0 Å². The number of aryl methyl sites for hydroxylation is 2. The maximum Gasteiger partial charge on any atom is 0.255 e. The largest absolute Gasteiger partial charge is 0.312 e. The van der Waals surface area contributed by atoms with E-state index in [1.165, 1.54) is 12.8 Å². The molecule has 0 unspecified atom stereocenters. The number of nitrogens with one attached hydrogen (secondary N) is 1. The minimum atomic E-state index is 0.230. The van der Waals surface area contributed by atoms with Crippen molar-refractivity contribution in [1.82, 2.24) is 9.88 Å². The van der Waals surface area contributed by atoms with Gasteiger partial charge in [-0.15, -0.1) is 0 Å². The molecule has 1 fully saturated rings. The maximum absolute atomic E-state index is 12.7. The van der Waals surface area contributed by atoms with Crippen molar-refractivity contribution in [3.05, 3.63) is 33.2 Å². The highest BCUT2D eigenvalue weighted by Gasteiger charge is 2.21. The number of pyridine rings is 1. The Kier molecular flexibility index (Phi) is 4.81. The van der Waals surface area contributed by atoms with Crippen LogP contribution in [0.3, 0.4) is 0 Å². The molecule has 0 aromatic carbocycles. The summed E-state index contributed by atoms with van der Waals surface area (Å²) in [6.45, 7) is 7.93. The predicted molar refractivity (Wildman–Crippen MR) is 79.7 cm³/mol. The SMILES string of the molecule is CCCNCc1c(C)cc(C)n(C2CCCC2)c1=O. The summed E-state index contributed by atoms with van der Waals surface area (Å²) in [4.78, 5) is 12.7. The molecule has 1 N–H and O–H groups in total. The van der Waals surface area contributed by atoms with Crippen LogP contribution in [0.15, 0.2) is 10.9 Å². The molecule has 0 radical (unpaired) electrons. The Hall–Kier alpha value is -1.09. The minimum Gasteiger partial charge on any atom is -0.312 e. The van der Waals surface area contributed by atoms with Gasteiger partial charge in [0.25, 0.3) is 5.56 Å². The first-order valence-corrected chi connectivity index (χ1v) is 7.57. The number of hydrogen-bond donors (Lipinski definition) is 1. The van der Waals surface area contributed by atoms with E-state index in [-0.39, 0.29) is 5.56 Å². The Morgan fingerprint density at radius 1 is 1.32 bits per heavy atom. The van der Waals surface area contributed by atoms with Crippen molar-refractivity contribution in [2.24, 2.45) is 0 Å². The molecule has 0 amide bonds. The fraction of sp³-hybridized carbons (Fsp3) is 0.688. The molecule has 0 atom stereocenters. The van der Waals surface area contributed by atoms with Crippen LogP contribution >= 0.6 is 0 Å². The molecule has 1 heterocycles. The average molecular weight is 262 g/mol. The molecule has 106 valence electrons. The van der Waals surface area contributed by atoms with Crippen LogP contribution < -0.4 is 10.9 Å². The summed E-state index contributed by atoms with van der Waals surface area (Å²) in [5.41, 5.74) is 3.42. The quantitative estimate of drug-likeness (QED) is 0.827. The Bertz CT molecular complexity index is 484. The molecule has 1 saturated carbocycles. The van der Waals surface area contributed by atoms with Gasteiger partial charge in [0, 0.05) is 23.8 Å². The first-order chi connectivity index (χ1) is 9.15. The van der Waals surface area contributed by atoms with Crippen LogP contribution in [0, 0.1) is 13.8 Å². The monoisotopic (exact) mass is 262 g/mol. The molecule has 0 aliphatic heterocycles. The minimum absolute atomic E-state index is 0.230. The Labute approximate surface area is 116 Å². The molecular formula is C16H26N2O. The molecule has 0 bridgehead atoms. The van der Waals surface area contributed by atoms with Crippen LogP contribution in [0.2, 0.25) is 0 Å². The van der Waals surface area contributed by atoms with Gasteiger partial charge >= 0.3 is 0 Å². The van der Waals surface area contributed by atoms with Gasteiger partial charge in [-0.1, -0.05) is 19.8 Å². The third kappa shape index (κ3) is 3.08. The van der Waals surface area contributed by atoms with E-state index in [1.54, 1.807) is 0 Å². The van der Waals surface area contributed by atoms with Crippen LogP contribution in [0.5, 0.6) is 0 Å². The Morgan fingerprint density at radius 2 is 2.00 bits per heavy atom. The molecular weight excluding hydrogens is 236 g/mol. The standard InChI is InChI=1S/C16H26N2O/c1-4-9-17-11-15-12(2)10-13(3)18(16(15)19)14-7-5-6-8-14/h10,14,17H,4-9,11H2,1-3H3. The second-order valence-electron chi connectivity index (χ2n) is 5.74. The molecule has 2 rings (SSSR count). The Morgan fingerprint density at radius 3 is 2.63 bits per heavy atom. The average Bonchev–Trinajstić information content (AvgIpc) is 2.87. The van der Waals surface area contributed by atoms with Crippen LogP contribution in [0.1, 0.15) is 61.9 Å². The lowest BCUT2D eigenvalue weighted by Gasteiger charge is -2.20. The molecule has 0 spiro atoms. The lowest BCUT2D eigenvalue weighted by Crippen LogP contribution is -2.32. The normalized spacial score (nSPS) is 16.2. The van der Waals surface area contributed by atoms with Crippen LogP contribution in [0.25, 0.3) is 0 Å². The highest BCUT2D eigenvalue weighted by atomic mass is 16.1. The van der Waals surface area contributed by atoms with Crippen molar-refractivity contribution in [1.29, 1.82) is 0 Å². The maximum atomic E-state index is 12.7. The van der Waals surface area contributed by atoms with Crippen molar-refractivity contribution < 1.29 is 0 Å². The van der Waals surface area contributed by atoms with Gasteiger partial charge in [-0.25, -0.2) is 0 Å². The lowest BCUT2D eigenvalue weighted by molar-refractivity contribution is 0.485. The van der Waals surface area contributed by atoms with Gasteiger partial charge in [0.2, 0.25) is 0 Å². The molecule has 3 nitrogen and oxygen atoms in total. The summed E-state index contributed by atoms with van der Waals surface area (Å²) in [7, 11) is 0. The lowest BCUT2D eigenvalue weighted by atomic mass is 10.1. The molecule has 1 aliphatic rings. The summed E-state index contributed by atoms with van der Waals surface area (Å²) >= 11 is 0. The van der Waals surface area contributed by atoms with E-state index in [0.717, 1.165) is 42.6 Å².